The number of nitrogens with zero attached hydrogens (tertiary/aromatic N) is 3. The maximum atomic E-state index is 11.8. The molecule has 1 aromatic heterocycles. The number of rotatable bonds is 7. The Morgan fingerprint density at radius 3 is 2.92 bits per heavy atom. The standard InChI is InChI=1S/C15H19N5O5S/c1-16-26(23,24)13-4-5-14(15(7-13)20(21)22)18-11-8-17-19(9-11)10-12-3-2-6-25-12/h4-5,7-9,12,16,18H,2-3,6,10H2,1H3. The molecule has 3 rings (SSSR count). The maximum Gasteiger partial charge on any atom is 0.294 e. The molecule has 1 aromatic carbocycles. The van der Waals surface area contributed by atoms with Gasteiger partial charge in [0.2, 0.25) is 10.0 Å². The summed E-state index contributed by atoms with van der Waals surface area (Å²) in [5.41, 5.74) is 0.408. The number of hydrogen-bond acceptors (Lipinski definition) is 7. The zero-order valence-electron chi connectivity index (χ0n) is 14.1. The minimum absolute atomic E-state index is 0.128. The number of nitro benzene ring substituents is 1. The van der Waals surface area contributed by atoms with E-state index in [1.54, 1.807) is 17.1 Å². The van der Waals surface area contributed by atoms with Gasteiger partial charge in [0.15, 0.2) is 0 Å². The van der Waals surface area contributed by atoms with E-state index in [2.05, 4.69) is 15.1 Å². The highest BCUT2D eigenvalue weighted by Gasteiger charge is 2.21. The number of anilines is 2. The quantitative estimate of drug-likeness (QED) is 0.551. The second-order valence-corrected chi connectivity index (χ2v) is 7.74. The predicted octanol–water partition coefficient (Wildman–Crippen LogP) is 1.62. The molecule has 1 atom stereocenters. The van der Waals surface area contributed by atoms with Crippen LogP contribution in [0.1, 0.15) is 12.8 Å². The normalized spacial score (nSPS) is 17.3. The van der Waals surface area contributed by atoms with Gasteiger partial charge in [-0.05, 0) is 32.0 Å². The number of nitro groups is 1. The van der Waals surface area contributed by atoms with Crippen LogP contribution in [0.5, 0.6) is 0 Å². The third-order valence-corrected chi connectivity index (χ3v) is 5.48. The molecule has 1 unspecified atom stereocenters. The maximum absolute atomic E-state index is 11.8. The summed E-state index contributed by atoms with van der Waals surface area (Å²) in [6.07, 6.45) is 5.42. The Morgan fingerprint density at radius 2 is 2.27 bits per heavy atom. The van der Waals surface area contributed by atoms with Crippen LogP contribution < -0.4 is 10.0 Å². The van der Waals surface area contributed by atoms with E-state index >= 15 is 0 Å². The Kier molecular flexibility index (Phi) is 5.20. The minimum Gasteiger partial charge on any atom is -0.376 e. The number of ether oxygens (including phenoxy) is 1. The molecule has 11 heteroatoms. The smallest absolute Gasteiger partial charge is 0.294 e. The second kappa shape index (κ2) is 7.40. The summed E-state index contributed by atoms with van der Waals surface area (Å²) < 4.78 is 33.1. The SMILES string of the molecule is CNS(=O)(=O)c1ccc(Nc2cnn(CC3CCCO3)c2)c([N+](=O)[O-])c1. The molecule has 1 aliphatic rings. The van der Waals surface area contributed by atoms with Crippen LogP contribution in [-0.2, 0) is 21.3 Å². The van der Waals surface area contributed by atoms with Crippen LogP contribution in [0.4, 0.5) is 17.1 Å². The molecule has 2 aromatic rings. The molecule has 0 aliphatic carbocycles. The van der Waals surface area contributed by atoms with Gasteiger partial charge in [-0.3, -0.25) is 14.8 Å². The molecule has 0 spiro atoms. The molecule has 0 radical (unpaired) electrons. The van der Waals surface area contributed by atoms with Gasteiger partial charge in [-0.2, -0.15) is 5.10 Å². The molecule has 2 N–H and O–H groups in total. The Labute approximate surface area is 150 Å². The zero-order chi connectivity index (χ0) is 18.7. The first-order valence-electron chi connectivity index (χ1n) is 8.02. The molecule has 0 amide bonds. The van der Waals surface area contributed by atoms with E-state index in [0.29, 0.717) is 12.2 Å². The van der Waals surface area contributed by atoms with Gasteiger partial charge in [0.25, 0.3) is 5.69 Å². The number of aromatic nitrogens is 2. The van der Waals surface area contributed by atoms with E-state index < -0.39 is 14.9 Å². The summed E-state index contributed by atoms with van der Waals surface area (Å²) in [7, 11) is -2.52. The van der Waals surface area contributed by atoms with Crippen LogP contribution in [0.2, 0.25) is 0 Å². The van der Waals surface area contributed by atoms with Crippen molar-refractivity contribution in [1.82, 2.24) is 14.5 Å². The van der Waals surface area contributed by atoms with Crippen LogP contribution >= 0.6 is 0 Å². The van der Waals surface area contributed by atoms with Gasteiger partial charge in [-0.25, -0.2) is 13.1 Å². The van der Waals surface area contributed by atoms with Gasteiger partial charge in [-0.15, -0.1) is 0 Å². The van der Waals surface area contributed by atoms with Gasteiger partial charge in [0, 0.05) is 18.9 Å². The molecule has 10 nitrogen and oxygen atoms in total. The van der Waals surface area contributed by atoms with E-state index in [-0.39, 0.29) is 22.4 Å². The lowest BCUT2D eigenvalue weighted by molar-refractivity contribution is -0.384. The third kappa shape index (κ3) is 4.00. The van der Waals surface area contributed by atoms with Crippen LogP contribution in [0.3, 0.4) is 0 Å². The third-order valence-electron chi connectivity index (χ3n) is 4.07. The Bertz CT molecular complexity index is 905. The molecule has 0 bridgehead atoms. The highest BCUT2D eigenvalue weighted by atomic mass is 32.2. The van der Waals surface area contributed by atoms with E-state index in [1.165, 1.54) is 19.2 Å². The highest BCUT2D eigenvalue weighted by molar-refractivity contribution is 7.89. The molecular formula is C15H19N5O5S. The monoisotopic (exact) mass is 381 g/mol. The lowest BCUT2D eigenvalue weighted by Gasteiger charge is -2.09. The Hall–Kier alpha value is -2.50. The van der Waals surface area contributed by atoms with Crippen molar-refractivity contribution in [1.29, 1.82) is 0 Å². The van der Waals surface area contributed by atoms with Gasteiger partial charge < -0.3 is 10.1 Å². The fourth-order valence-corrected chi connectivity index (χ4v) is 3.48. The minimum atomic E-state index is -3.77. The number of nitrogens with one attached hydrogen (secondary N) is 2. The lowest BCUT2D eigenvalue weighted by Crippen LogP contribution is -2.18. The molecule has 1 fully saturated rings. The fraction of sp³-hybridized carbons (Fsp3) is 0.400. The summed E-state index contributed by atoms with van der Waals surface area (Å²) in [6.45, 7) is 1.37. The van der Waals surface area contributed by atoms with E-state index in [4.69, 9.17) is 4.74 Å². The van der Waals surface area contributed by atoms with Crippen LogP contribution in [-0.4, -0.2) is 42.9 Å². The van der Waals surface area contributed by atoms with E-state index in [9.17, 15) is 18.5 Å². The first-order valence-corrected chi connectivity index (χ1v) is 9.50. The van der Waals surface area contributed by atoms with Crippen molar-refractivity contribution < 1.29 is 18.1 Å². The number of sulfonamides is 1. The van der Waals surface area contributed by atoms with E-state index in [0.717, 1.165) is 25.5 Å². The summed E-state index contributed by atoms with van der Waals surface area (Å²) in [4.78, 5) is 10.5. The topological polar surface area (TPSA) is 128 Å². The van der Waals surface area contributed by atoms with Crippen molar-refractivity contribution in [2.75, 3.05) is 19.0 Å². The van der Waals surface area contributed by atoms with Crippen molar-refractivity contribution in [3.63, 3.8) is 0 Å². The van der Waals surface area contributed by atoms with Crippen molar-refractivity contribution in [3.05, 3.63) is 40.7 Å². The summed E-state index contributed by atoms with van der Waals surface area (Å²) >= 11 is 0. The molecular weight excluding hydrogens is 362 g/mol. The molecule has 0 saturated carbocycles. The second-order valence-electron chi connectivity index (χ2n) is 5.85. The molecule has 26 heavy (non-hydrogen) atoms. The molecule has 1 saturated heterocycles. The Morgan fingerprint density at radius 1 is 1.46 bits per heavy atom. The van der Waals surface area contributed by atoms with Gasteiger partial charge in [0.1, 0.15) is 5.69 Å². The van der Waals surface area contributed by atoms with E-state index in [1.807, 2.05) is 0 Å². The van der Waals surface area contributed by atoms with Crippen molar-refractivity contribution >= 4 is 27.1 Å². The molecule has 2 heterocycles. The summed E-state index contributed by atoms with van der Waals surface area (Å²) in [5, 5.41) is 18.5. The van der Waals surface area contributed by atoms with Gasteiger partial charge in [0.05, 0.1) is 34.4 Å². The van der Waals surface area contributed by atoms with Gasteiger partial charge >= 0.3 is 0 Å². The Balaban J connectivity index is 1.81. The molecule has 1 aliphatic heterocycles. The van der Waals surface area contributed by atoms with Crippen molar-refractivity contribution in [2.45, 2.75) is 30.4 Å². The van der Waals surface area contributed by atoms with Crippen LogP contribution in [0, 0.1) is 10.1 Å². The average molecular weight is 381 g/mol. The summed E-state index contributed by atoms with van der Waals surface area (Å²) in [6, 6.07) is 3.68. The fourth-order valence-electron chi connectivity index (χ4n) is 2.73. The first-order chi connectivity index (χ1) is 12.4. The largest absolute Gasteiger partial charge is 0.376 e. The zero-order valence-corrected chi connectivity index (χ0v) is 14.9. The molecule has 140 valence electrons. The van der Waals surface area contributed by atoms with Crippen LogP contribution in [0.15, 0.2) is 35.5 Å². The highest BCUT2D eigenvalue weighted by Crippen LogP contribution is 2.30. The first kappa shape index (κ1) is 18.3. The lowest BCUT2D eigenvalue weighted by atomic mass is 10.2. The van der Waals surface area contributed by atoms with Crippen LogP contribution in [0.25, 0.3) is 0 Å². The number of hydrogen-bond donors (Lipinski definition) is 2. The van der Waals surface area contributed by atoms with Gasteiger partial charge in [-0.1, -0.05) is 0 Å². The summed E-state index contributed by atoms with van der Waals surface area (Å²) in [5.74, 6) is 0. The van der Waals surface area contributed by atoms with Crippen molar-refractivity contribution in [2.24, 2.45) is 0 Å². The average Bonchev–Trinajstić information content (AvgIpc) is 3.27. The van der Waals surface area contributed by atoms with Crippen molar-refractivity contribution in [3.8, 4) is 0 Å². The number of benzene rings is 1. The predicted molar refractivity (Wildman–Crippen MR) is 93.8 cm³/mol.